The molecule has 0 saturated heterocycles. The van der Waals surface area contributed by atoms with E-state index in [1.807, 2.05) is 30.5 Å². The molecule has 4 heteroatoms. The van der Waals surface area contributed by atoms with Crippen molar-refractivity contribution in [2.24, 2.45) is 0 Å². The molecule has 4 rings (SSSR count). The molecule has 0 atom stereocenters. The summed E-state index contributed by atoms with van der Waals surface area (Å²) in [4.78, 5) is 14.9. The van der Waals surface area contributed by atoms with Crippen molar-refractivity contribution in [3.05, 3.63) is 64.8 Å². The van der Waals surface area contributed by atoms with Gasteiger partial charge in [0.1, 0.15) is 0 Å². The highest BCUT2D eigenvalue weighted by molar-refractivity contribution is 5.94. The molecule has 0 unspecified atom stereocenters. The summed E-state index contributed by atoms with van der Waals surface area (Å²) in [7, 11) is 0. The monoisotopic (exact) mass is 334 g/mol. The molecule has 1 aliphatic carbocycles. The Morgan fingerprint density at radius 3 is 2.68 bits per heavy atom. The maximum absolute atomic E-state index is 11.6. The lowest BCUT2D eigenvalue weighted by molar-refractivity contribution is 0.0697. The quantitative estimate of drug-likeness (QED) is 0.648. The smallest absolute Gasteiger partial charge is 0.337 e. The van der Waals surface area contributed by atoms with Gasteiger partial charge in [-0.1, -0.05) is 18.2 Å². The van der Waals surface area contributed by atoms with E-state index in [1.165, 1.54) is 28.5 Å². The largest absolute Gasteiger partial charge is 0.478 e. The first-order valence-corrected chi connectivity index (χ1v) is 8.90. The second-order valence-corrected chi connectivity index (χ2v) is 6.72. The Hall–Kier alpha value is -2.75. The van der Waals surface area contributed by atoms with Crippen LogP contribution in [-0.4, -0.2) is 22.6 Å². The summed E-state index contributed by atoms with van der Waals surface area (Å²) in [6.07, 6.45) is 7.27. The van der Waals surface area contributed by atoms with Crippen LogP contribution in [0.25, 0.3) is 10.9 Å². The zero-order valence-electron chi connectivity index (χ0n) is 14.1. The van der Waals surface area contributed by atoms with Crippen LogP contribution in [0.3, 0.4) is 0 Å². The van der Waals surface area contributed by atoms with Crippen LogP contribution in [-0.2, 0) is 19.3 Å². The molecule has 0 saturated carbocycles. The Bertz CT molecular complexity index is 927. The first-order chi connectivity index (χ1) is 12.2. The van der Waals surface area contributed by atoms with Gasteiger partial charge < -0.3 is 15.4 Å². The highest BCUT2D eigenvalue weighted by Gasteiger charge is 2.17. The molecule has 3 aromatic rings. The SMILES string of the molecule is O=C(O)c1cc2c(cc1NCCc1c[nH]c3ccccc13)CCCC2. The summed E-state index contributed by atoms with van der Waals surface area (Å²) in [5.74, 6) is -0.858. The first kappa shape index (κ1) is 15.8. The van der Waals surface area contributed by atoms with Gasteiger partial charge in [-0.05, 0) is 67.0 Å². The Morgan fingerprint density at radius 2 is 1.88 bits per heavy atom. The van der Waals surface area contributed by atoms with Crippen molar-refractivity contribution in [1.29, 1.82) is 0 Å². The molecule has 1 aliphatic rings. The third-order valence-electron chi connectivity index (χ3n) is 5.10. The van der Waals surface area contributed by atoms with Crippen molar-refractivity contribution in [2.45, 2.75) is 32.1 Å². The third-order valence-corrected chi connectivity index (χ3v) is 5.10. The number of fused-ring (bicyclic) bond motifs is 2. The molecule has 0 radical (unpaired) electrons. The number of nitrogens with one attached hydrogen (secondary N) is 2. The number of hydrogen-bond acceptors (Lipinski definition) is 2. The van der Waals surface area contributed by atoms with Crippen LogP contribution < -0.4 is 5.32 Å². The summed E-state index contributed by atoms with van der Waals surface area (Å²) in [6.45, 7) is 0.709. The lowest BCUT2D eigenvalue weighted by atomic mass is 9.89. The number of rotatable bonds is 5. The molecule has 4 nitrogen and oxygen atoms in total. The predicted octanol–water partition coefficient (Wildman–Crippen LogP) is 4.40. The summed E-state index contributed by atoms with van der Waals surface area (Å²) in [6, 6.07) is 12.2. The molecule has 3 N–H and O–H groups in total. The normalized spacial score (nSPS) is 13.6. The van der Waals surface area contributed by atoms with E-state index in [-0.39, 0.29) is 0 Å². The highest BCUT2D eigenvalue weighted by atomic mass is 16.4. The Morgan fingerprint density at radius 1 is 1.12 bits per heavy atom. The summed E-state index contributed by atoms with van der Waals surface area (Å²) in [5, 5.41) is 14.1. The molecule has 0 spiro atoms. The molecule has 0 bridgehead atoms. The van der Waals surface area contributed by atoms with Crippen LogP contribution in [0.2, 0.25) is 0 Å². The maximum Gasteiger partial charge on any atom is 0.337 e. The van der Waals surface area contributed by atoms with Crippen LogP contribution in [0, 0.1) is 0 Å². The van der Waals surface area contributed by atoms with Crippen molar-refractivity contribution >= 4 is 22.6 Å². The second-order valence-electron chi connectivity index (χ2n) is 6.72. The van der Waals surface area contributed by atoms with Crippen LogP contribution in [0.15, 0.2) is 42.6 Å². The van der Waals surface area contributed by atoms with E-state index in [9.17, 15) is 9.90 Å². The van der Waals surface area contributed by atoms with Gasteiger partial charge in [-0.3, -0.25) is 0 Å². The van der Waals surface area contributed by atoms with Crippen LogP contribution in [0.5, 0.6) is 0 Å². The van der Waals surface area contributed by atoms with Crippen LogP contribution >= 0.6 is 0 Å². The lowest BCUT2D eigenvalue weighted by Crippen LogP contribution is -2.13. The average molecular weight is 334 g/mol. The molecule has 1 aromatic heterocycles. The summed E-state index contributed by atoms with van der Waals surface area (Å²) in [5.41, 5.74) is 6.01. The van der Waals surface area contributed by atoms with E-state index in [1.54, 1.807) is 0 Å². The van der Waals surface area contributed by atoms with Crippen molar-refractivity contribution < 1.29 is 9.90 Å². The number of H-pyrrole nitrogens is 1. The van der Waals surface area contributed by atoms with Gasteiger partial charge in [-0.25, -0.2) is 4.79 Å². The van der Waals surface area contributed by atoms with Gasteiger partial charge in [0.2, 0.25) is 0 Å². The van der Waals surface area contributed by atoms with E-state index in [0.717, 1.165) is 36.9 Å². The zero-order valence-corrected chi connectivity index (χ0v) is 14.1. The summed E-state index contributed by atoms with van der Waals surface area (Å²) < 4.78 is 0. The fourth-order valence-corrected chi connectivity index (χ4v) is 3.78. The minimum Gasteiger partial charge on any atom is -0.478 e. The topological polar surface area (TPSA) is 65.1 Å². The molecule has 2 aromatic carbocycles. The number of aromatic nitrogens is 1. The van der Waals surface area contributed by atoms with E-state index in [0.29, 0.717) is 12.1 Å². The summed E-state index contributed by atoms with van der Waals surface area (Å²) >= 11 is 0. The lowest BCUT2D eigenvalue weighted by Gasteiger charge is -2.19. The van der Waals surface area contributed by atoms with Crippen molar-refractivity contribution in [1.82, 2.24) is 4.98 Å². The Kier molecular flexibility index (Phi) is 4.18. The number of benzene rings is 2. The Labute approximate surface area is 146 Å². The number of aryl methyl sites for hydroxylation is 2. The van der Waals surface area contributed by atoms with E-state index < -0.39 is 5.97 Å². The number of aromatic carboxylic acids is 1. The Balaban J connectivity index is 1.53. The molecular formula is C21H22N2O2. The van der Waals surface area contributed by atoms with Gasteiger partial charge in [0.15, 0.2) is 0 Å². The molecule has 0 amide bonds. The van der Waals surface area contributed by atoms with Crippen molar-refractivity contribution in [3.8, 4) is 0 Å². The van der Waals surface area contributed by atoms with Crippen molar-refractivity contribution in [3.63, 3.8) is 0 Å². The van der Waals surface area contributed by atoms with E-state index >= 15 is 0 Å². The van der Waals surface area contributed by atoms with E-state index in [4.69, 9.17) is 0 Å². The number of carboxylic acid groups (broad SMARTS) is 1. The van der Waals surface area contributed by atoms with Gasteiger partial charge >= 0.3 is 5.97 Å². The minimum absolute atomic E-state index is 0.388. The zero-order chi connectivity index (χ0) is 17.2. The maximum atomic E-state index is 11.6. The van der Waals surface area contributed by atoms with Crippen LogP contribution in [0.1, 0.15) is 39.9 Å². The molecule has 0 aliphatic heterocycles. The van der Waals surface area contributed by atoms with Gasteiger partial charge in [-0.15, -0.1) is 0 Å². The fourth-order valence-electron chi connectivity index (χ4n) is 3.78. The second kappa shape index (κ2) is 6.63. The number of hydrogen-bond donors (Lipinski definition) is 3. The van der Waals surface area contributed by atoms with Gasteiger partial charge in [-0.2, -0.15) is 0 Å². The number of anilines is 1. The molecular weight excluding hydrogens is 312 g/mol. The predicted molar refractivity (Wildman–Crippen MR) is 101 cm³/mol. The first-order valence-electron chi connectivity index (χ1n) is 8.90. The van der Waals surface area contributed by atoms with E-state index in [2.05, 4.69) is 22.4 Å². The van der Waals surface area contributed by atoms with Crippen molar-refractivity contribution in [2.75, 3.05) is 11.9 Å². The van der Waals surface area contributed by atoms with Gasteiger partial charge in [0.05, 0.1) is 5.56 Å². The number of para-hydroxylation sites is 1. The number of carbonyl (C=O) groups is 1. The molecule has 1 heterocycles. The fraction of sp³-hybridized carbons (Fsp3) is 0.286. The third kappa shape index (κ3) is 3.12. The minimum atomic E-state index is -0.858. The van der Waals surface area contributed by atoms with Gasteiger partial charge in [0, 0.05) is 29.3 Å². The number of aromatic amines is 1. The number of carboxylic acids is 1. The standard InChI is InChI=1S/C21H22N2O2/c24-21(25)18-11-14-5-1-2-6-15(14)12-20(18)22-10-9-16-13-23-19-8-4-3-7-17(16)19/h3-4,7-8,11-13,22-23H,1-2,5-6,9-10H2,(H,24,25). The van der Waals surface area contributed by atoms with Crippen LogP contribution in [0.4, 0.5) is 5.69 Å². The highest BCUT2D eigenvalue weighted by Crippen LogP contribution is 2.28. The molecule has 25 heavy (non-hydrogen) atoms. The molecule has 0 fully saturated rings. The average Bonchev–Trinajstić information content (AvgIpc) is 3.04. The molecule has 128 valence electrons. The van der Waals surface area contributed by atoms with Gasteiger partial charge in [0.25, 0.3) is 0 Å².